The molecule has 0 radical (unpaired) electrons. The van der Waals surface area contributed by atoms with Crippen LogP contribution in [0, 0.1) is 0 Å². The number of carbonyl (C=O) groups is 1. The van der Waals surface area contributed by atoms with Gasteiger partial charge in [0.15, 0.2) is 0 Å². The van der Waals surface area contributed by atoms with Gasteiger partial charge in [-0.3, -0.25) is 13.8 Å². The molecule has 0 aromatic carbocycles. The van der Waals surface area contributed by atoms with E-state index < -0.39 is 38.6 Å². The molecule has 0 aliphatic heterocycles. The van der Waals surface area contributed by atoms with Crippen molar-refractivity contribution in [2.45, 2.75) is 205 Å². The molecule has 4 unspecified atom stereocenters. The van der Waals surface area contributed by atoms with Crippen molar-refractivity contribution in [1.29, 1.82) is 0 Å². The van der Waals surface area contributed by atoms with E-state index in [0.29, 0.717) is 12.8 Å². The standard InChI is InChI=1S/C42H81N2O7P/c1-3-5-7-9-11-13-14-15-16-17-18-19-20-21-22-23-24-26-28-30-32-34-41(46)40(38-51-52(48,49)50-36-35-43)44-42(47)37-39(45)33-31-29-27-25-12-10-8-6-4-2/h10,12,24,26,32,34,39-41,45-46H,3-9,11,13-23,25,27-31,33,35-38,43H2,1-2H3,(H,44,47)(H,48,49)/b12-10-,26-24+,34-32+. The third-order valence-corrected chi connectivity index (χ3v) is 10.2. The Morgan fingerprint density at radius 1 is 0.654 bits per heavy atom. The summed E-state index contributed by atoms with van der Waals surface area (Å²) in [5.74, 6) is -0.468. The van der Waals surface area contributed by atoms with Crippen LogP contribution in [0.5, 0.6) is 0 Å². The molecule has 4 atom stereocenters. The molecule has 0 aromatic heterocycles. The number of amides is 1. The van der Waals surface area contributed by atoms with Gasteiger partial charge in [0.25, 0.3) is 0 Å². The van der Waals surface area contributed by atoms with Gasteiger partial charge in [0.1, 0.15) is 0 Å². The summed E-state index contributed by atoms with van der Waals surface area (Å²) in [5, 5.41) is 23.9. The number of hydrogen-bond donors (Lipinski definition) is 5. The number of hydrogen-bond acceptors (Lipinski definition) is 7. The van der Waals surface area contributed by atoms with Crippen LogP contribution < -0.4 is 11.1 Å². The smallest absolute Gasteiger partial charge is 0.393 e. The number of nitrogens with one attached hydrogen (secondary N) is 1. The lowest BCUT2D eigenvalue weighted by molar-refractivity contribution is -0.124. The second-order valence-corrected chi connectivity index (χ2v) is 15.8. The number of unbranched alkanes of at least 4 members (excludes halogenated alkanes) is 21. The summed E-state index contributed by atoms with van der Waals surface area (Å²) >= 11 is 0. The Morgan fingerprint density at radius 2 is 1.12 bits per heavy atom. The largest absolute Gasteiger partial charge is 0.472 e. The predicted molar refractivity (Wildman–Crippen MR) is 218 cm³/mol. The lowest BCUT2D eigenvalue weighted by Crippen LogP contribution is -2.46. The molecule has 0 aromatic rings. The second kappa shape index (κ2) is 38.0. The number of rotatable bonds is 39. The summed E-state index contributed by atoms with van der Waals surface area (Å²) in [5.41, 5.74) is 5.35. The maximum absolute atomic E-state index is 12.7. The van der Waals surface area contributed by atoms with E-state index in [0.717, 1.165) is 44.9 Å². The highest BCUT2D eigenvalue weighted by Crippen LogP contribution is 2.43. The zero-order valence-electron chi connectivity index (χ0n) is 33.4. The Bertz CT molecular complexity index is 930. The van der Waals surface area contributed by atoms with Crippen LogP contribution in [0.25, 0.3) is 0 Å². The third-order valence-electron chi connectivity index (χ3n) is 9.24. The van der Waals surface area contributed by atoms with Gasteiger partial charge in [-0.2, -0.15) is 0 Å². The monoisotopic (exact) mass is 757 g/mol. The highest BCUT2D eigenvalue weighted by atomic mass is 31.2. The normalized spacial score (nSPS) is 15.1. The molecule has 1 amide bonds. The van der Waals surface area contributed by atoms with E-state index in [1.165, 1.54) is 109 Å². The van der Waals surface area contributed by atoms with Gasteiger partial charge in [-0.05, 0) is 51.4 Å². The fourth-order valence-corrected chi connectivity index (χ4v) is 6.75. The molecular formula is C42H81N2O7P. The summed E-state index contributed by atoms with van der Waals surface area (Å²) < 4.78 is 22.0. The highest BCUT2D eigenvalue weighted by Gasteiger charge is 2.27. The lowest BCUT2D eigenvalue weighted by atomic mass is 10.0. The molecule has 0 aliphatic rings. The van der Waals surface area contributed by atoms with Gasteiger partial charge in [0.2, 0.25) is 5.91 Å². The number of nitrogens with two attached hydrogens (primary N) is 1. The van der Waals surface area contributed by atoms with Crippen LogP contribution in [0.15, 0.2) is 36.5 Å². The first-order valence-electron chi connectivity index (χ1n) is 21.2. The molecular weight excluding hydrogens is 675 g/mol. The first-order chi connectivity index (χ1) is 25.3. The fraction of sp³-hybridized carbons (Fsp3) is 0.833. The first kappa shape index (κ1) is 50.7. The molecule has 0 spiro atoms. The second-order valence-electron chi connectivity index (χ2n) is 14.4. The van der Waals surface area contributed by atoms with Gasteiger partial charge in [0.05, 0.1) is 37.9 Å². The number of carbonyl (C=O) groups excluding carboxylic acids is 1. The number of aliphatic hydroxyl groups is 2. The molecule has 0 heterocycles. The van der Waals surface area contributed by atoms with Gasteiger partial charge in [-0.1, -0.05) is 166 Å². The van der Waals surface area contributed by atoms with E-state index in [1.54, 1.807) is 6.08 Å². The van der Waals surface area contributed by atoms with Crippen LogP contribution in [0.3, 0.4) is 0 Å². The van der Waals surface area contributed by atoms with Crippen molar-refractivity contribution in [3.05, 3.63) is 36.5 Å². The summed E-state index contributed by atoms with van der Waals surface area (Å²) in [6.07, 6.45) is 41.1. The van der Waals surface area contributed by atoms with Crippen molar-refractivity contribution in [1.82, 2.24) is 5.32 Å². The van der Waals surface area contributed by atoms with Gasteiger partial charge < -0.3 is 26.2 Å². The average Bonchev–Trinajstić information content (AvgIpc) is 3.12. The summed E-state index contributed by atoms with van der Waals surface area (Å²) in [6.45, 7) is 3.88. The van der Waals surface area contributed by atoms with E-state index in [4.69, 9.17) is 14.8 Å². The van der Waals surface area contributed by atoms with E-state index in [-0.39, 0.29) is 19.6 Å². The first-order valence-corrected chi connectivity index (χ1v) is 22.7. The molecule has 9 nitrogen and oxygen atoms in total. The Balaban J connectivity index is 4.34. The summed E-state index contributed by atoms with van der Waals surface area (Å²) in [4.78, 5) is 22.6. The number of aliphatic hydroxyl groups excluding tert-OH is 2. The Morgan fingerprint density at radius 3 is 1.65 bits per heavy atom. The van der Waals surface area contributed by atoms with Crippen molar-refractivity contribution in [2.24, 2.45) is 5.73 Å². The quantitative estimate of drug-likeness (QED) is 0.0236. The van der Waals surface area contributed by atoms with Gasteiger partial charge >= 0.3 is 7.82 Å². The van der Waals surface area contributed by atoms with Crippen LogP contribution in [0.2, 0.25) is 0 Å². The minimum absolute atomic E-state index is 0.0426. The molecule has 0 bridgehead atoms. The SMILES string of the molecule is CCCC/C=C\CCCCCC(O)CC(=O)NC(COP(=O)(O)OCCN)C(O)/C=C/CC/C=C/CCCCCCCCCCCCCCCCC. The van der Waals surface area contributed by atoms with E-state index >= 15 is 0 Å². The molecule has 52 heavy (non-hydrogen) atoms. The average molecular weight is 757 g/mol. The van der Waals surface area contributed by atoms with Crippen molar-refractivity contribution in [3.8, 4) is 0 Å². The minimum Gasteiger partial charge on any atom is -0.393 e. The highest BCUT2D eigenvalue weighted by molar-refractivity contribution is 7.47. The molecule has 10 heteroatoms. The Kier molecular flexibility index (Phi) is 37.0. The third kappa shape index (κ3) is 35.7. The number of allylic oxidation sites excluding steroid dienone is 5. The van der Waals surface area contributed by atoms with Crippen LogP contribution in [0.4, 0.5) is 0 Å². The number of phosphoric acid groups is 1. The summed E-state index contributed by atoms with van der Waals surface area (Å²) in [6, 6.07) is -1.00. The fourth-order valence-electron chi connectivity index (χ4n) is 6.00. The van der Waals surface area contributed by atoms with Crippen LogP contribution in [-0.2, 0) is 18.4 Å². The van der Waals surface area contributed by atoms with Gasteiger partial charge in [0, 0.05) is 6.54 Å². The van der Waals surface area contributed by atoms with Gasteiger partial charge in [-0.25, -0.2) is 4.57 Å². The van der Waals surface area contributed by atoms with Crippen molar-refractivity contribution >= 4 is 13.7 Å². The van der Waals surface area contributed by atoms with Crippen LogP contribution >= 0.6 is 7.82 Å². The summed E-state index contributed by atoms with van der Waals surface area (Å²) in [7, 11) is -4.41. The van der Waals surface area contributed by atoms with E-state index in [9.17, 15) is 24.5 Å². The molecule has 0 rings (SSSR count). The maximum Gasteiger partial charge on any atom is 0.472 e. The van der Waals surface area contributed by atoms with Crippen LogP contribution in [-0.4, -0.2) is 59.0 Å². The molecule has 0 fully saturated rings. The molecule has 6 N–H and O–H groups in total. The molecule has 306 valence electrons. The van der Waals surface area contributed by atoms with Gasteiger partial charge in [-0.15, -0.1) is 0 Å². The van der Waals surface area contributed by atoms with E-state index in [2.05, 4.69) is 43.5 Å². The van der Waals surface area contributed by atoms with E-state index in [1.807, 2.05) is 6.08 Å². The Hall–Kier alpha value is -1.32. The minimum atomic E-state index is -4.41. The topological polar surface area (TPSA) is 151 Å². The number of phosphoric ester groups is 1. The zero-order valence-corrected chi connectivity index (χ0v) is 34.3. The lowest BCUT2D eigenvalue weighted by Gasteiger charge is -2.24. The van der Waals surface area contributed by atoms with Crippen molar-refractivity contribution < 1.29 is 33.5 Å². The molecule has 0 saturated carbocycles. The molecule has 0 aliphatic carbocycles. The van der Waals surface area contributed by atoms with Crippen molar-refractivity contribution in [2.75, 3.05) is 19.8 Å². The zero-order chi connectivity index (χ0) is 38.4. The molecule has 0 saturated heterocycles. The van der Waals surface area contributed by atoms with Crippen molar-refractivity contribution in [3.63, 3.8) is 0 Å². The van der Waals surface area contributed by atoms with Crippen LogP contribution in [0.1, 0.15) is 187 Å². The Labute approximate surface area is 319 Å². The maximum atomic E-state index is 12.7. The predicted octanol–water partition coefficient (Wildman–Crippen LogP) is 10.5.